The Bertz CT molecular complexity index is 656. The molecule has 2 rings (SSSR count). The van der Waals surface area contributed by atoms with E-state index in [1.807, 2.05) is 30.3 Å². The minimum absolute atomic E-state index is 0.211. The first-order valence-corrected chi connectivity index (χ1v) is 7.18. The standard InChI is InChI=1S/C18H20O5/c1-12(13-6-5-7-15(10-13)21-2)14-8-9-18(11-14,16(19)22-3)17(20)23-4/h5-8,10H,1,9,11H2,2-4H3. The largest absolute Gasteiger partial charge is 0.497 e. The Morgan fingerprint density at radius 1 is 1.13 bits per heavy atom. The third-order valence-corrected chi connectivity index (χ3v) is 4.15. The summed E-state index contributed by atoms with van der Waals surface area (Å²) >= 11 is 0. The quantitative estimate of drug-likeness (QED) is 0.617. The van der Waals surface area contributed by atoms with E-state index in [0.717, 1.165) is 22.5 Å². The van der Waals surface area contributed by atoms with Crippen LogP contribution in [0.1, 0.15) is 18.4 Å². The topological polar surface area (TPSA) is 61.8 Å². The van der Waals surface area contributed by atoms with Crippen molar-refractivity contribution < 1.29 is 23.8 Å². The lowest BCUT2D eigenvalue weighted by atomic mass is 9.83. The number of carbonyl (C=O) groups excluding carboxylic acids is 2. The first kappa shape index (κ1) is 16.8. The number of ether oxygens (including phenoxy) is 3. The molecule has 0 aliphatic heterocycles. The summed E-state index contributed by atoms with van der Waals surface area (Å²) in [5.74, 6) is -0.461. The van der Waals surface area contributed by atoms with E-state index < -0.39 is 17.4 Å². The van der Waals surface area contributed by atoms with Gasteiger partial charge in [0.05, 0.1) is 21.3 Å². The first-order valence-electron chi connectivity index (χ1n) is 7.18. The maximum Gasteiger partial charge on any atom is 0.323 e. The van der Waals surface area contributed by atoms with E-state index in [2.05, 4.69) is 6.58 Å². The van der Waals surface area contributed by atoms with Crippen LogP contribution in [0.4, 0.5) is 0 Å². The van der Waals surface area contributed by atoms with Gasteiger partial charge in [0.1, 0.15) is 5.75 Å². The second-order valence-corrected chi connectivity index (χ2v) is 5.39. The van der Waals surface area contributed by atoms with Crippen LogP contribution in [0, 0.1) is 5.41 Å². The number of hydrogen-bond acceptors (Lipinski definition) is 5. The molecule has 0 aromatic heterocycles. The number of rotatable bonds is 5. The van der Waals surface area contributed by atoms with Crippen LogP contribution in [0.5, 0.6) is 5.75 Å². The summed E-state index contributed by atoms with van der Waals surface area (Å²) in [6, 6.07) is 7.47. The second-order valence-electron chi connectivity index (χ2n) is 5.39. The number of allylic oxidation sites excluding steroid dienone is 3. The predicted octanol–water partition coefficient (Wildman–Crippen LogP) is 2.76. The Morgan fingerprint density at radius 3 is 2.35 bits per heavy atom. The lowest BCUT2D eigenvalue weighted by Gasteiger charge is -2.23. The molecule has 0 saturated heterocycles. The SMILES string of the molecule is C=C(C1=CCC(C(=O)OC)(C(=O)OC)C1)c1cccc(OC)c1. The van der Waals surface area contributed by atoms with Gasteiger partial charge in [0.2, 0.25) is 0 Å². The van der Waals surface area contributed by atoms with Crippen molar-refractivity contribution in [2.45, 2.75) is 12.8 Å². The van der Waals surface area contributed by atoms with Crippen LogP contribution in [-0.2, 0) is 19.1 Å². The zero-order valence-electron chi connectivity index (χ0n) is 13.5. The van der Waals surface area contributed by atoms with Gasteiger partial charge in [-0.05, 0) is 41.7 Å². The minimum Gasteiger partial charge on any atom is -0.497 e. The molecule has 0 bridgehead atoms. The summed E-state index contributed by atoms with van der Waals surface area (Å²) in [5.41, 5.74) is 1.13. The van der Waals surface area contributed by atoms with Crippen LogP contribution in [0.15, 0.2) is 42.5 Å². The zero-order chi connectivity index (χ0) is 17.0. The number of carbonyl (C=O) groups is 2. The van der Waals surface area contributed by atoms with E-state index in [1.165, 1.54) is 14.2 Å². The molecule has 0 radical (unpaired) electrons. The highest BCUT2D eigenvalue weighted by Gasteiger charge is 2.51. The van der Waals surface area contributed by atoms with Crippen molar-refractivity contribution >= 4 is 17.5 Å². The lowest BCUT2D eigenvalue weighted by Crippen LogP contribution is -2.39. The zero-order valence-corrected chi connectivity index (χ0v) is 13.5. The van der Waals surface area contributed by atoms with Gasteiger partial charge in [0.25, 0.3) is 0 Å². The van der Waals surface area contributed by atoms with Crippen LogP contribution in [0.2, 0.25) is 0 Å². The van der Waals surface area contributed by atoms with Gasteiger partial charge < -0.3 is 14.2 Å². The van der Waals surface area contributed by atoms with Crippen molar-refractivity contribution in [2.75, 3.05) is 21.3 Å². The molecule has 5 nitrogen and oxygen atoms in total. The maximum atomic E-state index is 12.1. The summed E-state index contributed by atoms with van der Waals surface area (Å²) in [4.78, 5) is 24.3. The van der Waals surface area contributed by atoms with Crippen LogP contribution < -0.4 is 4.74 Å². The summed E-state index contributed by atoms with van der Waals surface area (Å²) in [6.07, 6.45) is 2.29. The molecule has 0 atom stereocenters. The number of esters is 2. The molecule has 0 saturated carbocycles. The molecule has 1 aliphatic rings. The Morgan fingerprint density at radius 2 is 1.78 bits per heavy atom. The smallest absolute Gasteiger partial charge is 0.323 e. The van der Waals surface area contributed by atoms with Crippen LogP contribution >= 0.6 is 0 Å². The molecular weight excluding hydrogens is 296 g/mol. The highest BCUT2D eigenvalue weighted by Crippen LogP contribution is 2.44. The molecule has 0 fully saturated rings. The molecule has 0 spiro atoms. The normalized spacial score (nSPS) is 15.5. The maximum absolute atomic E-state index is 12.1. The van der Waals surface area contributed by atoms with Crippen molar-refractivity contribution in [3.8, 4) is 5.75 Å². The second kappa shape index (κ2) is 6.69. The molecule has 1 aromatic rings. The van der Waals surface area contributed by atoms with E-state index in [1.54, 1.807) is 7.11 Å². The monoisotopic (exact) mass is 316 g/mol. The van der Waals surface area contributed by atoms with Gasteiger partial charge >= 0.3 is 11.9 Å². The van der Waals surface area contributed by atoms with Crippen molar-refractivity contribution in [1.29, 1.82) is 0 Å². The Labute approximate surface area is 135 Å². The molecule has 0 amide bonds. The van der Waals surface area contributed by atoms with Gasteiger partial charge in [-0.15, -0.1) is 0 Å². The van der Waals surface area contributed by atoms with Crippen molar-refractivity contribution in [3.05, 3.63) is 48.1 Å². The van der Waals surface area contributed by atoms with Crippen molar-refractivity contribution in [3.63, 3.8) is 0 Å². The molecular formula is C18H20O5. The Balaban J connectivity index is 2.27. The summed E-state index contributed by atoms with van der Waals surface area (Å²) in [7, 11) is 4.13. The third-order valence-electron chi connectivity index (χ3n) is 4.15. The molecule has 0 unspecified atom stereocenters. The lowest BCUT2D eigenvalue weighted by molar-refractivity contribution is -0.168. The van der Waals surface area contributed by atoms with Gasteiger partial charge in [-0.1, -0.05) is 24.8 Å². The van der Waals surface area contributed by atoms with Crippen LogP contribution in [0.25, 0.3) is 5.57 Å². The van der Waals surface area contributed by atoms with E-state index in [0.29, 0.717) is 0 Å². The fraction of sp³-hybridized carbons (Fsp3) is 0.333. The average Bonchev–Trinajstić information content (AvgIpc) is 3.06. The van der Waals surface area contributed by atoms with Gasteiger partial charge in [-0.3, -0.25) is 9.59 Å². The van der Waals surface area contributed by atoms with E-state index in [4.69, 9.17) is 14.2 Å². The number of methoxy groups -OCH3 is 3. The summed E-state index contributed by atoms with van der Waals surface area (Å²) in [5, 5.41) is 0. The van der Waals surface area contributed by atoms with E-state index in [9.17, 15) is 9.59 Å². The molecule has 122 valence electrons. The Kier molecular flexibility index (Phi) is 4.89. The van der Waals surface area contributed by atoms with Gasteiger partial charge in [-0.25, -0.2) is 0 Å². The molecule has 0 heterocycles. The van der Waals surface area contributed by atoms with Gasteiger partial charge in [-0.2, -0.15) is 0 Å². The summed E-state index contributed by atoms with van der Waals surface area (Å²) < 4.78 is 14.8. The fourth-order valence-corrected chi connectivity index (χ4v) is 2.78. The predicted molar refractivity (Wildman–Crippen MR) is 85.8 cm³/mol. The van der Waals surface area contributed by atoms with Crippen LogP contribution in [-0.4, -0.2) is 33.3 Å². The number of hydrogen-bond donors (Lipinski definition) is 0. The van der Waals surface area contributed by atoms with Crippen molar-refractivity contribution in [2.24, 2.45) is 5.41 Å². The first-order chi connectivity index (χ1) is 11.0. The van der Waals surface area contributed by atoms with Crippen LogP contribution in [0.3, 0.4) is 0 Å². The molecule has 1 aromatic carbocycles. The minimum atomic E-state index is -1.32. The molecule has 0 N–H and O–H groups in total. The molecule has 1 aliphatic carbocycles. The van der Waals surface area contributed by atoms with E-state index in [-0.39, 0.29) is 12.8 Å². The Hall–Kier alpha value is -2.56. The molecule has 23 heavy (non-hydrogen) atoms. The highest BCUT2D eigenvalue weighted by atomic mass is 16.5. The molecule has 5 heteroatoms. The third kappa shape index (κ3) is 2.99. The van der Waals surface area contributed by atoms with Gasteiger partial charge in [0.15, 0.2) is 5.41 Å². The fourth-order valence-electron chi connectivity index (χ4n) is 2.78. The van der Waals surface area contributed by atoms with Gasteiger partial charge in [0, 0.05) is 0 Å². The number of benzene rings is 1. The summed E-state index contributed by atoms with van der Waals surface area (Å²) in [6.45, 7) is 4.09. The highest BCUT2D eigenvalue weighted by molar-refractivity contribution is 6.02. The van der Waals surface area contributed by atoms with Crippen molar-refractivity contribution in [1.82, 2.24) is 0 Å². The average molecular weight is 316 g/mol. The van der Waals surface area contributed by atoms with E-state index >= 15 is 0 Å².